The quantitative estimate of drug-likeness (QED) is 0.416. The lowest BCUT2D eigenvalue weighted by Gasteiger charge is -1.97. The van der Waals surface area contributed by atoms with Crippen LogP contribution >= 0.6 is 22.7 Å². The number of aromatic nitrogens is 2. The maximum atomic E-state index is 4.55. The van der Waals surface area contributed by atoms with Crippen molar-refractivity contribution in [2.24, 2.45) is 0 Å². The minimum absolute atomic E-state index is 1.10. The Morgan fingerprint density at radius 3 is 1.50 bits per heavy atom. The van der Waals surface area contributed by atoms with Crippen molar-refractivity contribution in [1.82, 2.24) is 9.97 Å². The zero-order chi connectivity index (χ0) is 14.3. The molecule has 0 atom stereocenters. The average molecular weight is 300 g/mol. The largest absolute Gasteiger partial charge is 0.241 e. The van der Waals surface area contributed by atoms with Gasteiger partial charge in [-0.2, -0.15) is 0 Å². The molecule has 4 heteroatoms. The van der Waals surface area contributed by atoms with Gasteiger partial charge < -0.3 is 0 Å². The summed E-state index contributed by atoms with van der Waals surface area (Å²) < 4.78 is 2.51. The molecule has 0 saturated carbocycles. The van der Waals surface area contributed by atoms with Gasteiger partial charge in [0.2, 0.25) is 0 Å². The summed E-state index contributed by atoms with van der Waals surface area (Å²) in [6.07, 6.45) is 0. The Bertz CT molecular complexity index is 761. The van der Waals surface area contributed by atoms with E-state index in [9.17, 15) is 0 Å². The molecule has 102 valence electrons. The average Bonchev–Trinajstić information content (AvgIpc) is 2.95. The number of thiazole rings is 2. The highest BCUT2D eigenvalue weighted by molar-refractivity contribution is 7.19. The Morgan fingerprint density at radius 1 is 0.700 bits per heavy atom. The Labute approximate surface area is 126 Å². The van der Waals surface area contributed by atoms with E-state index in [1.165, 1.54) is 20.2 Å². The van der Waals surface area contributed by atoms with Crippen LogP contribution in [0.2, 0.25) is 0 Å². The number of hydrogen-bond acceptors (Lipinski definition) is 4. The zero-order valence-corrected chi connectivity index (χ0v) is 13.7. The van der Waals surface area contributed by atoms with Crippen molar-refractivity contribution < 1.29 is 0 Å². The van der Waals surface area contributed by atoms with Gasteiger partial charge in [0.15, 0.2) is 0 Å². The number of fused-ring (bicyclic) bond motifs is 3. The first kappa shape index (κ1) is 13.5. The minimum Gasteiger partial charge on any atom is -0.241 e. The molecule has 0 N–H and O–H groups in total. The summed E-state index contributed by atoms with van der Waals surface area (Å²) in [6.45, 7) is 8.11. The minimum atomic E-state index is 1.10. The lowest BCUT2D eigenvalue weighted by atomic mass is 10.1. The van der Waals surface area contributed by atoms with Gasteiger partial charge >= 0.3 is 0 Å². The molecule has 20 heavy (non-hydrogen) atoms. The van der Waals surface area contributed by atoms with Crippen LogP contribution in [-0.2, 0) is 0 Å². The van der Waals surface area contributed by atoms with Crippen LogP contribution in [0, 0.1) is 13.8 Å². The van der Waals surface area contributed by atoms with Gasteiger partial charge in [-0.05, 0) is 48.9 Å². The third kappa shape index (κ3) is 2.19. The molecule has 0 saturated heterocycles. The summed E-state index contributed by atoms with van der Waals surface area (Å²) in [5, 5.41) is 4.75. The third-order valence-corrected chi connectivity index (χ3v) is 4.93. The van der Waals surface area contributed by atoms with Crippen molar-refractivity contribution in [3.63, 3.8) is 0 Å². The van der Waals surface area contributed by atoms with E-state index >= 15 is 0 Å². The number of benzene rings is 2. The van der Waals surface area contributed by atoms with Gasteiger partial charge in [0, 0.05) is 0 Å². The van der Waals surface area contributed by atoms with E-state index in [-0.39, 0.29) is 0 Å². The summed E-state index contributed by atoms with van der Waals surface area (Å²) in [5.74, 6) is 0. The standard InChI is InChI=1S/C14H10N2S2.C2H6/c1-7-15-11-3-9-6-14-12(16-8(2)18-14)4-10(9)5-13(11)17-7;1-2/h3-6H,1-2H3;1-2H3. The SMILES string of the molecule is CC.Cc1nc2cc3cc4sc(C)nc4cc3cc2s1. The fourth-order valence-electron chi connectivity index (χ4n) is 2.33. The van der Waals surface area contributed by atoms with Crippen molar-refractivity contribution in [2.45, 2.75) is 27.7 Å². The highest BCUT2D eigenvalue weighted by atomic mass is 32.1. The molecule has 0 aliphatic carbocycles. The van der Waals surface area contributed by atoms with Gasteiger partial charge in [0.25, 0.3) is 0 Å². The van der Waals surface area contributed by atoms with Gasteiger partial charge in [-0.1, -0.05) is 13.8 Å². The molecular weight excluding hydrogens is 284 g/mol. The molecule has 0 unspecified atom stereocenters. The lowest BCUT2D eigenvalue weighted by molar-refractivity contribution is 1.35. The van der Waals surface area contributed by atoms with Gasteiger partial charge in [-0.15, -0.1) is 22.7 Å². The Kier molecular flexibility index (Phi) is 3.44. The van der Waals surface area contributed by atoms with Crippen molar-refractivity contribution >= 4 is 53.9 Å². The van der Waals surface area contributed by atoms with Crippen molar-refractivity contribution in [3.05, 3.63) is 34.3 Å². The summed E-state index contributed by atoms with van der Waals surface area (Å²) in [4.78, 5) is 9.11. The van der Waals surface area contributed by atoms with E-state index in [4.69, 9.17) is 0 Å². The van der Waals surface area contributed by atoms with E-state index in [0.717, 1.165) is 21.0 Å². The second-order valence-corrected chi connectivity index (χ2v) is 6.92. The van der Waals surface area contributed by atoms with Crippen LogP contribution in [0.4, 0.5) is 0 Å². The molecule has 2 heterocycles. The zero-order valence-electron chi connectivity index (χ0n) is 12.0. The van der Waals surface area contributed by atoms with Crippen molar-refractivity contribution in [3.8, 4) is 0 Å². The topological polar surface area (TPSA) is 25.8 Å². The normalized spacial score (nSPS) is 11.0. The molecule has 2 aromatic carbocycles. The van der Waals surface area contributed by atoms with Crippen LogP contribution in [-0.4, -0.2) is 9.97 Å². The molecule has 2 nitrogen and oxygen atoms in total. The molecular formula is C16H16N2S2. The van der Waals surface area contributed by atoms with Crippen LogP contribution in [0.3, 0.4) is 0 Å². The highest BCUT2D eigenvalue weighted by Crippen LogP contribution is 2.31. The van der Waals surface area contributed by atoms with E-state index in [2.05, 4.69) is 48.1 Å². The molecule has 4 aromatic rings. The monoisotopic (exact) mass is 300 g/mol. The van der Waals surface area contributed by atoms with E-state index in [1.807, 2.05) is 13.8 Å². The Hall–Kier alpha value is -1.52. The van der Waals surface area contributed by atoms with Crippen LogP contribution in [0.5, 0.6) is 0 Å². The highest BCUT2D eigenvalue weighted by Gasteiger charge is 2.06. The van der Waals surface area contributed by atoms with Gasteiger partial charge in [-0.3, -0.25) is 0 Å². The van der Waals surface area contributed by atoms with Gasteiger partial charge in [0.1, 0.15) is 0 Å². The first-order valence-corrected chi connectivity index (χ1v) is 8.40. The molecule has 0 radical (unpaired) electrons. The van der Waals surface area contributed by atoms with Crippen LogP contribution < -0.4 is 0 Å². The number of hydrogen-bond donors (Lipinski definition) is 0. The van der Waals surface area contributed by atoms with Crippen LogP contribution in [0.15, 0.2) is 24.3 Å². The second-order valence-electron chi connectivity index (χ2n) is 4.45. The van der Waals surface area contributed by atoms with Gasteiger partial charge in [0.05, 0.1) is 30.4 Å². The lowest BCUT2D eigenvalue weighted by Crippen LogP contribution is -1.75. The van der Waals surface area contributed by atoms with Crippen molar-refractivity contribution in [2.75, 3.05) is 0 Å². The fraction of sp³-hybridized carbons (Fsp3) is 0.250. The molecule has 0 fully saturated rings. The Morgan fingerprint density at radius 2 is 1.10 bits per heavy atom. The first-order chi connectivity index (χ1) is 9.69. The van der Waals surface area contributed by atoms with E-state index in [0.29, 0.717) is 0 Å². The number of nitrogens with zero attached hydrogens (tertiary/aromatic N) is 2. The van der Waals surface area contributed by atoms with E-state index < -0.39 is 0 Å². The molecule has 0 bridgehead atoms. The van der Waals surface area contributed by atoms with E-state index in [1.54, 1.807) is 22.7 Å². The summed E-state index contributed by atoms with van der Waals surface area (Å²) >= 11 is 3.50. The third-order valence-electron chi connectivity index (χ3n) is 3.07. The smallest absolute Gasteiger partial charge is 0.0907 e. The molecule has 0 aliphatic heterocycles. The molecule has 0 amide bonds. The molecule has 2 aromatic heterocycles. The maximum absolute atomic E-state index is 4.55. The maximum Gasteiger partial charge on any atom is 0.0907 e. The van der Waals surface area contributed by atoms with Crippen LogP contribution in [0.25, 0.3) is 31.2 Å². The number of rotatable bonds is 0. The van der Waals surface area contributed by atoms with Gasteiger partial charge in [-0.25, -0.2) is 9.97 Å². The van der Waals surface area contributed by atoms with Crippen molar-refractivity contribution in [1.29, 1.82) is 0 Å². The predicted molar refractivity (Wildman–Crippen MR) is 91.1 cm³/mol. The summed E-state index contributed by atoms with van der Waals surface area (Å²) in [7, 11) is 0. The fourth-order valence-corrected chi connectivity index (χ4v) is 4.04. The number of aryl methyl sites for hydroxylation is 2. The molecule has 0 aliphatic rings. The summed E-state index contributed by atoms with van der Waals surface area (Å²) in [6, 6.07) is 8.82. The second kappa shape index (κ2) is 5.11. The predicted octanol–water partition coefficient (Wildman–Crippen LogP) is 5.70. The van der Waals surface area contributed by atoms with Crippen LogP contribution in [0.1, 0.15) is 23.9 Å². The summed E-state index contributed by atoms with van der Waals surface area (Å²) in [5.41, 5.74) is 2.20. The molecule has 0 spiro atoms. The Balaban J connectivity index is 0.000000581. The first-order valence-electron chi connectivity index (χ1n) is 6.77. The molecule has 4 rings (SSSR count).